The summed E-state index contributed by atoms with van der Waals surface area (Å²) >= 11 is 0. The summed E-state index contributed by atoms with van der Waals surface area (Å²) in [6.07, 6.45) is 4.32. The maximum Gasteiger partial charge on any atom is 0.407 e. The molecule has 0 spiro atoms. The van der Waals surface area contributed by atoms with Crippen LogP contribution in [0.4, 0.5) is 4.79 Å². The zero-order chi connectivity index (χ0) is 15.9. The minimum atomic E-state index is -0.473. The standard InChI is InChI=1S/C16H30N2O3/c1-5-6-9-14(19)18-10-7-8-13(12-18)11-17-15(20)21-16(2,3)4/h13H,5-12H2,1-4H3,(H,17,20). The zero-order valence-electron chi connectivity index (χ0n) is 13.9. The van der Waals surface area contributed by atoms with E-state index >= 15 is 0 Å². The number of piperidine rings is 1. The van der Waals surface area contributed by atoms with Crippen molar-refractivity contribution < 1.29 is 14.3 Å². The van der Waals surface area contributed by atoms with Crippen molar-refractivity contribution in [3.8, 4) is 0 Å². The average Bonchev–Trinajstić information content (AvgIpc) is 2.41. The third-order valence-corrected chi connectivity index (χ3v) is 3.55. The van der Waals surface area contributed by atoms with Crippen LogP contribution in [0, 0.1) is 5.92 Å². The first kappa shape index (κ1) is 17.8. The molecule has 2 amide bonds. The van der Waals surface area contributed by atoms with Crippen LogP contribution >= 0.6 is 0 Å². The highest BCUT2D eigenvalue weighted by Crippen LogP contribution is 2.17. The summed E-state index contributed by atoms with van der Waals surface area (Å²) in [5.41, 5.74) is -0.473. The monoisotopic (exact) mass is 298 g/mol. The largest absolute Gasteiger partial charge is 0.444 e. The number of amides is 2. The molecule has 0 saturated carbocycles. The highest BCUT2D eigenvalue weighted by atomic mass is 16.6. The van der Waals surface area contributed by atoms with Crippen LogP contribution in [0.25, 0.3) is 0 Å². The molecule has 21 heavy (non-hydrogen) atoms. The highest BCUT2D eigenvalue weighted by molar-refractivity contribution is 5.76. The van der Waals surface area contributed by atoms with Crippen molar-refractivity contribution in [1.29, 1.82) is 0 Å². The molecule has 1 atom stereocenters. The summed E-state index contributed by atoms with van der Waals surface area (Å²) in [5, 5.41) is 2.81. The lowest BCUT2D eigenvalue weighted by molar-refractivity contribution is -0.133. The van der Waals surface area contributed by atoms with Crippen LogP contribution in [-0.2, 0) is 9.53 Å². The molecule has 5 heteroatoms. The minimum Gasteiger partial charge on any atom is -0.444 e. The number of hydrogen-bond acceptors (Lipinski definition) is 3. The van der Waals surface area contributed by atoms with Crippen molar-refractivity contribution in [3.63, 3.8) is 0 Å². The van der Waals surface area contributed by atoms with Crippen LogP contribution in [0.3, 0.4) is 0 Å². The number of carbonyl (C=O) groups excluding carboxylic acids is 2. The number of unbranched alkanes of at least 4 members (excludes halogenated alkanes) is 1. The molecule has 122 valence electrons. The average molecular weight is 298 g/mol. The Labute approximate surface area is 128 Å². The zero-order valence-corrected chi connectivity index (χ0v) is 13.9. The maximum atomic E-state index is 12.0. The van der Waals surface area contributed by atoms with Crippen molar-refractivity contribution in [2.75, 3.05) is 19.6 Å². The van der Waals surface area contributed by atoms with Crippen molar-refractivity contribution in [2.24, 2.45) is 5.92 Å². The molecular weight excluding hydrogens is 268 g/mol. The van der Waals surface area contributed by atoms with Crippen molar-refractivity contribution in [2.45, 2.75) is 65.4 Å². The maximum absolute atomic E-state index is 12.0. The molecule has 1 N–H and O–H groups in total. The molecule has 1 rings (SSSR count). The summed E-state index contributed by atoms with van der Waals surface area (Å²) in [6, 6.07) is 0. The molecule has 0 aromatic rings. The van der Waals surface area contributed by atoms with E-state index in [0.29, 0.717) is 18.9 Å². The summed E-state index contributed by atoms with van der Waals surface area (Å²) in [6.45, 7) is 9.82. The molecular formula is C16H30N2O3. The van der Waals surface area contributed by atoms with Gasteiger partial charge in [-0.2, -0.15) is 0 Å². The van der Waals surface area contributed by atoms with Gasteiger partial charge in [-0.15, -0.1) is 0 Å². The van der Waals surface area contributed by atoms with Crippen LogP contribution in [0.15, 0.2) is 0 Å². The smallest absolute Gasteiger partial charge is 0.407 e. The Morgan fingerprint density at radius 1 is 1.33 bits per heavy atom. The van der Waals surface area contributed by atoms with Gasteiger partial charge in [-0.3, -0.25) is 4.79 Å². The molecule has 1 saturated heterocycles. The lowest BCUT2D eigenvalue weighted by Gasteiger charge is -2.33. The molecule has 1 aliphatic heterocycles. The first-order valence-corrected chi connectivity index (χ1v) is 8.06. The van der Waals surface area contributed by atoms with Crippen LogP contribution < -0.4 is 5.32 Å². The van der Waals surface area contributed by atoms with Gasteiger partial charge in [0.05, 0.1) is 0 Å². The Kier molecular flexibility index (Phi) is 6.99. The van der Waals surface area contributed by atoms with Crippen molar-refractivity contribution in [1.82, 2.24) is 10.2 Å². The predicted molar refractivity (Wildman–Crippen MR) is 83.1 cm³/mol. The molecule has 5 nitrogen and oxygen atoms in total. The number of ether oxygens (including phenoxy) is 1. The van der Waals surface area contributed by atoms with Gasteiger partial charge in [-0.1, -0.05) is 13.3 Å². The van der Waals surface area contributed by atoms with Crippen LogP contribution in [-0.4, -0.2) is 42.1 Å². The molecule has 0 aromatic heterocycles. The first-order valence-electron chi connectivity index (χ1n) is 8.06. The lowest BCUT2D eigenvalue weighted by atomic mass is 9.97. The fourth-order valence-corrected chi connectivity index (χ4v) is 2.49. The van der Waals surface area contributed by atoms with E-state index in [9.17, 15) is 9.59 Å². The Hall–Kier alpha value is -1.26. The van der Waals surface area contributed by atoms with E-state index in [0.717, 1.165) is 38.8 Å². The summed E-state index contributed by atoms with van der Waals surface area (Å²) in [4.78, 5) is 25.6. The van der Waals surface area contributed by atoms with E-state index in [-0.39, 0.29) is 12.0 Å². The number of likely N-dealkylation sites (tertiary alicyclic amines) is 1. The Balaban J connectivity index is 2.33. The molecule has 0 aliphatic carbocycles. The Morgan fingerprint density at radius 2 is 2.05 bits per heavy atom. The number of hydrogen-bond donors (Lipinski definition) is 1. The molecule has 0 bridgehead atoms. The topological polar surface area (TPSA) is 58.6 Å². The second-order valence-electron chi connectivity index (χ2n) is 6.83. The van der Waals surface area contributed by atoms with E-state index < -0.39 is 5.60 Å². The lowest BCUT2D eigenvalue weighted by Crippen LogP contribution is -2.44. The number of carbonyl (C=O) groups is 2. The minimum absolute atomic E-state index is 0.249. The predicted octanol–water partition coefficient (Wildman–Crippen LogP) is 2.94. The number of alkyl carbamates (subject to hydrolysis) is 1. The van der Waals surface area contributed by atoms with Gasteiger partial charge in [0.25, 0.3) is 0 Å². The van der Waals surface area contributed by atoms with Gasteiger partial charge >= 0.3 is 6.09 Å². The molecule has 0 aromatic carbocycles. The van der Waals surface area contributed by atoms with Crippen molar-refractivity contribution in [3.05, 3.63) is 0 Å². The van der Waals surface area contributed by atoms with Gasteiger partial charge in [0.15, 0.2) is 0 Å². The van der Waals surface area contributed by atoms with Gasteiger partial charge in [0.2, 0.25) is 5.91 Å². The van der Waals surface area contributed by atoms with E-state index in [1.165, 1.54) is 0 Å². The Morgan fingerprint density at radius 3 is 2.67 bits per heavy atom. The van der Waals surface area contributed by atoms with Gasteiger partial charge in [0.1, 0.15) is 5.60 Å². The van der Waals surface area contributed by atoms with E-state index in [4.69, 9.17) is 4.74 Å². The molecule has 0 radical (unpaired) electrons. The summed E-state index contributed by atoms with van der Waals surface area (Å²) < 4.78 is 5.23. The van der Waals surface area contributed by atoms with Crippen molar-refractivity contribution >= 4 is 12.0 Å². The van der Waals surface area contributed by atoms with Crippen LogP contribution in [0.2, 0.25) is 0 Å². The van der Waals surface area contributed by atoms with E-state index in [1.807, 2.05) is 25.7 Å². The third-order valence-electron chi connectivity index (χ3n) is 3.55. The van der Waals surface area contributed by atoms with Gasteiger partial charge in [-0.05, 0) is 46.0 Å². The van der Waals surface area contributed by atoms with Gasteiger partial charge in [-0.25, -0.2) is 4.79 Å². The molecule has 1 aliphatic rings. The Bertz CT molecular complexity index is 350. The molecule has 1 unspecified atom stereocenters. The number of rotatable bonds is 5. The van der Waals surface area contributed by atoms with Crippen LogP contribution in [0.5, 0.6) is 0 Å². The number of nitrogens with zero attached hydrogens (tertiary/aromatic N) is 1. The normalized spacial score (nSPS) is 19.2. The number of nitrogens with one attached hydrogen (secondary N) is 1. The fourth-order valence-electron chi connectivity index (χ4n) is 2.49. The molecule has 1 heterocycles. The van der Waals surface area contributed by atoms with Crippen LogP contribution in [0.1, 0.15) is 59.8 Å². The summed E-state index contributed by atoms with van der Waals surface area (Å²) in [5.74, 6) is 0.579. The van der Waals surface area contributed by atoms with E-state index in [1.54, 1.807) is 0 Å². The second kappa shape index (κ2) is 8.25. The SMILES string of the molecule is CCCCC(=O)N1CCCC(CNC(=O)OC(C)(C)C)C1. The third kappa shape index (κ3) is 7.34. The summed E-state index contributed by atoms with van der Waals surface area (Å²) in [7, 11) is 0. The second-order valence-corrected chi connectivity index (χ2v) is 6.83. The highest BCUT2D eigenvalue weighted by Gasteiger charge is 2.24. The fraction of sp³-hybridized carbons (Fsp3) is 0.875. The van der Waals surface area contributed by atoms with Gasteiger partial charge in [0, 0.05) is 26.1 Å². The quantitative estimate of drug-likeness (QED) is 0.849. The van der Waals surface area contributed by atoms with Gasteiger partial charge < -0.3 is 15.0 Å². The van der Waals surface area contributed by atoms with E-state index in [2.05, 4.69) is 12.2 Å². The first-order chi connectivity index (χ1) is 9.81. The molecule has 1 fully saturated rings.